The molecule has 218 valence electrons. The van der Waals surface area contributed by atoms with Crippen molar-refractivity contribution in [2.24, 2.45) is 12.5 Å². The van der Waals surface area contributed by atoms with E-state index in [1.54, 1.807) is 24.8 Å². The van der Waals surface area contributed by atoms with Gasteiger partial charge in [0.25, 0.3) is 5.56 Å². The van der Waals surface area contributed by atoms with Gasteiger partial charge >= 0.3 is 6.36 Å². The Balaban J connectivity index is 1.37. The Hall–Kier alpha value is -3.91. The predicted molar refractivity (Wildman–Crippen MR) is 153 cm³/mol. The van der Waals surface area contributed by atoms with E-state index in [9.17, 15) is 23.2 Å². The van der Waals surface area contributed by atoms with E-state index in [0.29, 0.717) is 37.6 Å². The number of rotatable bonds is 7. The number of halogens is 3. The van der Waals surface area contributed by atoms with Crippen LogP contribution in [0.25, 0.3) is 10.9 Å². The van der Waals surface area contributed by atoms with Crippen LogP contribution in [0.4, 0.5) is 30.2 Å². The minimum absolute atomic E-state index is 0.0109. The predicted octanol–water partition coefficient (Wildman–Crippen LogP) is 4.89. The molecule has 1 aromatic heterocycles. The molecule has 3 aromatic rings. The molecule has 8 nitrogen and oxygen atoms in total. The first-order valence-corrected chi connectivity index (χ1v) is 13.7. The van der Waals surface area contributed by atoms with Gasteiger partial charge in [-0.2, -0.15) is 5.26 Å². The summed E-state index contributed by atoms with van der Waals surface area (Å²) in [7, 11) is 5.32. The van der Waals surface area contributed by atoms with Gasteiger partial charge in [0.2, 0.25) is 0 Å². The Bertz CT molecular complexity index is 1520. The van der Waals surface area contributed by atoms with Crippen molar-refractivity contribution in [3.63, 3.8) is 0 Å². The van der Waals surface area contributed by atoms with E-state index in [1.807, 2.05) is 31.3 Å². The van der Waals surface area contributed by atoms with Gasteiger partial charge in [0.15, 0.2) is 0 Å². The number of hydrogen-bond acceptors (Lipinski definition) is 7. The number of anilines is 3. The highest BCUT2D eigenvalue weighted by molar-refractivity contribution is 5.96. The van der Waals surface area contributed by atoms with Crippen LogP contribution < -0.4 is 25.0 Å². The van der Waals surface area contributed by atoms with Crippen LogP contribution in [0, 0.1) is 16.7 Å². The maximum absolute atomic E-state index is 13.3. The molecule has 5 rings (SSSR count). The minimum Gasteiger partial charge on any atom is -0.406 e. The minimum atomic E-state index is -4.73. The summed E-state index contributed by atoms with van der Waals surface area (Å²) in [5.74, 6) is -0.222. The van der Waals surface area contributed by atoms with Crippen molar-refractivity contribution < 1.29 is 22.6 Å². The van der Waals surface area contributed by atoms with Gasteiger partial charge in [-0.05, 0) is 55.0 Å². The molecule has 2 aliphatic rings. The summed E-state index contributed by atoms with van der Waals surface area (Å²) in [6.07, 6.45) is -2.11. The van der Waals surface area contributed by atoms with Crippen LogP contribution in [0.3, 0.4) is 0 Å². The zero-order chi connectivity index (χ0) is 29.4. The van der Waals surface area contributed by atoms with Crippen LogP contribution in [0.2, 0.25) is 0 Å². The van der Waals surface area contributed by atoms with Gasteiger partial charge in [0.1, 0.15) is 17.4 Å². The highest BCUT2D eigenvalue weighted by Gasteiger charge is 2.41. The van der Waals surface area contributed by atoms with Gasteiger partial charge in [-0.25, -0.2) is 0 Å². The monoisotopic (exact) mass is 569 g/mol. The van der Waals surface area contributed by atoms with Gasteiger partial charge in [0.05, 0.1) is 17.8 Å². The van der Waals surface area contributed by atoms with Crippen LogP contribution in [-0.2, 0) is 11.8 Å². The molecule has 2 aromatic carbocycles. The van der Waals surface area contributed by atoms with E-state index >= 15 is 0 Å². The number of aromatic nitrogens is 1. The third-order valence-electron chi connectivity index (χ3n) is 8.53. The fourth-order valence-corrected chi connectivity index (χ4v) is 6.18. The number of pyridine rings is 1. The standard InChI is InChI=1S/C30H34F3N5O3/c1-35(15-16-40-3)21-7-8-24-26(18-21)36(2)28(39)25(19-34)27(24)37-12-9-29(10-13-37)11-14-38(20-29)22-5-4-6-23(17-22)41-30(31,32)33/h4-8,17-18H,9-16,20H2,1-3H3. The van der Waals surface area contributed by atoms with Crippen molar-refractivity contribution >= 4 is 28.0 Å². The number of methoxy groups -OCH3 is 1. The number of hydrogen-bond donors (Lipinski definition) is 0. The molecule has 0 N–H and O–H groups in total. The molecule has 2 fully saturated rings. The molecule has 0 bridgehead atoms. The van der Waals surface area contributed by atoms with E-state index in [2.05, 4.69) is 25.5 Å². The lowest BCUT2D eigenvalue weighted by molar-refractivity contribution is -0.274. The lowest BCUT2D eigenvalue weighted by atomic mass is 9.77. The van der Waals surface area contributed by atoms with Crippen LogP contribution >= 0.6 is 0 Å². The zero-order valence-electron chi connectivity index (χ0n) is 23.5. The average Bonchev–Trinajstić information content (AvgIpc) is 3.36. The topological polar surface area (TPSA) is 74.0 Å². The lowest BCUT2D eigenvalue weighted by Gasteiger charge is -2.41. The third-order valence-corrected chi connectivity index (χ3v) is 8.53. The van der Waals surface area contributed by atoms with Crippen molar-refractivity contribution in [1.82, 2.24) is 4.57 Å². The van der Waals surface area contributed by atoms with Crippen molar-refractivity contribution in [1.29, 1.82) is 5.26 Å². The first-order chi connectivity index (χ1) is 19.5. The lowest BCUT2D eigenvalue weighted by Crippen LogP contribution is -2.42. The average molecular weight is 570 g/mol. The largest absolute Gasteiger partial charge is 0.573 e. The molecule has 2 saturated heterocycles. The second-order valence-electron chi connectivity index (χ2n) is 11.0. The van der Waals surface area contributed by atoms with E-state index in [1.165, 1.54) is 12.1 Å². The quantitative estimate of drug-likeness (QED) is 0.401. The van der Waals surface area contributed by atoms with Gasteiger partial charge in [-0.1, -0.05) is 6.07 Å². The Morgan fingerprint density at radius 1 is 1.07 bits per heavy atom. The summed E-state index contributed by atoms with van der Waals surface area (Å²) in [4.78, 5) is 19.6. The SMILES string of the molecule is COCCN(C)c1ccc2c(N3CCC4(CCN(c5cccc(OC(F)(F)F)c5)C4)CC3)c(C#N)c(=O)n(C)c2c1. The molecular formula is C30H34F3N5O3. The van der Waals surface area contributed by atoms with Crippen molar-refractivity contribution in [3.05, 3.63) is 58.4 Å². The smallest absolute Gasteiger partial charge is 0.406 e. The second-order valence-corrected chi connectivity index (χ2v) is 11.0. The molecule has 0 radical (unpaired) electrons. The normalized spacial score (nSPS) is 16.8. The van der Waals surface area contributed by atoms with Gasteiger partial charge in [-0.3, -0.25) is 4.79 Å². The third kappa shape index (κ3) is 5.79. The number of fused-ring (bicyclic) bond motifs is 1. The summed E-state index contributed by atoms with van der Waals surface area (Å²) >= 11 is 0. The second kappa shape index (κ2) is 11.2. The maximum atomic E-state index is 13.3. The summed E-state index contributed by atoms with van der Waals surface area (Å²) in [6, 6.07) is 14.3. The Morgan fingerprint density at radius 3 is 2.44 bits per heavy atom. The summed E-state index contributed by atoms with van der Waals surface area (Å²) in [6.45, 7) is 4.10. The van der Waals surface area contributed by atoms with Crippen LogP contribution in [0.1, 0.15) is 24.8 Å². The number of nitrogens with zero attached hydrogens (tertiary/aromatic N) is 5. The molecule has 0 saturated carbocycles. The number of piperidine rings is 1. The first kappa shape index (κ1) is 28.6. The molecule has 0 atom stereocenters. The molecule has 1 spiro atoms. The van der Waals surface area contributed by atoms with E-state index in [0.717, 1.165) is 48.9 Å². The molecule has 2 aliphatic heterocycles. The molecule has 0 unspecified atom stereocenters. The van der Waals surface area contributed by atoms with Crippen molar-refractivity contribution in [3.8, 4) is 11.8 Å². The fraction of sp³-hybridized carbons (Fsp3) is 0.467. The van der Waals surface area contributed by atoms with Crippen LogP contribution in [-0.4, -0.2) is 64.4 Å². The Kier molecular flexibility index (Phi) is 7.79. The van der Waals surface area contributed by atoms with Gasteiger partial charge in [0, 0.05) is 76.8 Å². The Morgan fingerprint density at radius 2 is 1.78 bits per heavy atom. The maximum Gasteiger partial charge on any atom is 0.573 e. The van der Waals surface area contributed by atoms with Crippen molar-refractivity contribution in [2.45, 2.75) is 25.6 Å². The fourth-order valence-electron chi connectivity index (χ4n) is 6.18. The summed E-state index contributed by atoms with van der Waals surface area (Å²) < 4.78 is 49.0. The number of likely N-dealkylation sites (N-methyl/N-ethyl adjacent to an activating group) is 1. The number of nitriles is 1. The molecule has 0 amide bonds. The van der Waals surface area contributed by atoms with E-state index in [-0.39, 0.29) is 22.3 Å². The molecular weight excluding hydrogens is 535 g/mol. The van der Waals surface area contributed by atoms with Gasteiger partial charge in [-0.15, -0.1) is 13.2 Å². The highest BCUT2D eigenvalue weighted by Crippen LogP contribution is 2.44. The number of alkyl halides is 3. The van der Waals surface area contributed by atoms with Crippen molar-refractivity contribution in [2.75, 3.05) is 68.2 Å². The first-order valence-electron chi connectivity index (χ1n) is 13.7. The summed E-state index contributed by atoms with van der Waals surface area (Å²) in [5.41, 5.74) is 2.94. The zero-order valence-corrected chi connectivity index (χ0v) is 23.5. The van der Waals surface area contributed by atoms with Crippen LogP contribution in [0.15, 0.2) is 47.3 Å². The van der Waals surface area contributed by atoms with Gasteiger partial charge < -0.3 is 28.7 Å². The number of benzene rings is 2. The molecule has 3 heterocycles. The van der Waals surface area contributed by atoms with E-state index < -0.39 is 6.36 Å². The Labute approximate surface area is 237 Å². The van der Waals surface area contributed by atoms with E-state index in [4.69, 9.17) is 4.74 Å². The molecule has 41 heavy (non-hydrogen) atoms. The van der Waals surface area contributed by atoms with Crippen LogP contribution in [0.5, 0.6) is 5.75 Å². The number of aryl methyl sites for hydroxylation is 1. The highest BCUT2D eigenvalue weighted by atomic mass is 19.4. The number of ether oxygens (including phenoxy) is 2. The molecule has 0 aliphatic carbocycles. The summed E-state index contributed by atoms with van der Waals surface area (Å²) in [5, 5.41) is 10.9. The molecule has 11 heteroatoms.